The summed E-state index contributed by atoms with van der Waals surface area (Å²) in [6.45, 7) is 0. The molecule has 0 spiro atoms. The van der Waals surface area contributed by atoms with E-state index in [9.17, 15) is 4.79 Å². The number of nitrogens with two attached hydrogens (primary N) is 1. The van der Waals surface area contributed by atoms with E-state index in [1.165, 1.54) is 6.07 Å². The summed E-state index contributed by atoms with van der Waals surface area (Å²) in [6.07, 6.45) is 0.343. The number of amides is 1. The number of hydrogen-bond acceptors (Lipinski definition) is 3. The fourth-order valence-corrected chi connectivity index (χ4v) is 1.92. The van der Waals surface area contributed by atoms with Crippen molar-refractivity contribution in [1.29, 1.82) is 5.26 Å². The number of halogens is 1. The molecule has 0 unspecified atom stereocenters. The minimum Gasteiger partial charge on any atom is -0.399 e. The zero-order chi connectivity index (χ0) is 14.5. The minimum absolute atomic E-state index is 0.324. The van der Waals surface area contributed by atoms with Crippen LogP contribution in [0.3, 0.4) is 0 Å². The molecule has 2 rings (SSSR count). The second-order valence-corrected chi connectivity index (χ2v) is 4.63. The molecule has 0 aliphatic rings. The summed E-state index contributed by atoms with van der Waals surface area (Å²) in [5.74, 6) is -0.324. The molecule has 0 atom stereocenters. The fourth-order valence-electron chi connectivity index (χ4n) is 1.71. The average molecular weight is 286 g/mol. The van der Waals surface area contributed by atoms with Crippen molar-refractivity contribution in [2.75, 3.05) is 11.1 Å². The Morgan fingerprint density at radius 3 is 2.60 bits per heavy atom. The molecule has 0 aliphatic heterocycles. The predicted molar refractivity (Wildman–Crippen MR) is 79.6 cm³/mol. The van der Waals surface area contributed by atoms with Crippen LogP contribution in [0.15, 0.2) is 42.5 Å². The van der Waals surface area contributed by atoms with Gasteiger partial charge in [-0.15, -0.1) is 0 Å². The molecule has 0 heterocycles. The van der Waals surface area contributed by atoms with Gasteiger partial charge in [-0.05, 0) is 35.9 Å². The van der Waals surface area contributed by atoms with Crippen LogP contribution in [-0.4, -0.2) is 5.91 Å². The summed E-state index contributed by atoms with van der Waals surface area (Å²) in [4.78, 5) is 12.1. The van der Waals surface area contributed by atoms with E-state index in [1.807, 2.05) is 0 Å². The van der Waals surface area contributed by atoms with Gasteiger partial charge < -0.3 is 11.1 Å². The van der Waals surface area contributed by atoms with Crippen LogP contribution in [-0.2, 0) is 6.42 Å². The maximum Gasteiger partial charge on any atom is 0.257 e. The maximum atomic E-state index is 12.1. The molecule has 5 heteroatoms. The summed E-state index contributed by atoms with van der Waals surface area (Å²) in [5, 5.41) is 11.7. The predicted octanol–water partition coefficient (Wildman–Crippen LogP) is 3.24. The minimum atomic E-state index is -0.324. The number of carbonyl (C=O) groups is 1. The third kappa shape index (κ3) is 3.28. The van der Waals surface area contributed by atoms with Crippen LogP contribution in [0.2, 0.25) is 5.02 Å². The van der Waals surface area contributed by atoms with Crippen molar-refractivity contribution in [2.45, 2.75) is 6.42 Å². The number of benzene rings is 2. The van der Waals surface area contributed by atoms with Crippen molar-refractivity contribution < 1.29 is 4.79 Å². The van der Waals surface area contributed by atoms with Crippen LogP contribution in [0.1, 0.15) is 15.9 Å². The molecule has 4 nitrogen and oxygen atoms in total. The van der Waals surface area contributed by atoms with E-state index in [0.29, 0.717) is 28.4 Å². The Labute approximate surface area is 121 Å². The molecule has 0 saturated carbocycles. The van der Waals surface area contributed by atoms with E-state index in [1.54, 1.807) is 36.4 Å². The molecule has 0 bridgehead atoms. The van der Waals surface area contributed by atoms with Gasteiger partial charge in [0.15, 0.2) is 0 Å². The van der Waals surface area contributed by atoms with Crippen molar-refractivity contribution in [2.24, 2.45) is 0 Å². The molecule has 0 fully saturated rings. The molecule has 1 amide bonds. The van der Waals surface area contributed by atoms with Crippen molar-refractivity contribution in [3.8, 4) is 6.07 Å². The Morgan fingerprint density at radius 1 is 1.25 bits per heavy atom. The van der Waals surface area contributed by atoms with E-state index in [4.69, 9.17) is 22.6 Å². The molecule has 0 aromatic heterocycles. The van der Waals surface area contributed by atoms with Crippen LogP contribution in [0.5, 0.6) is 0 Å². The van der Waals surface area contributed by atoms with Crippen molar-refractivity contribution in [3.05, 3.63) is 58.6 Å². The molecule has 2 aromatic rings. The molecular weight excluding hydrogens is 274 g/mol. The maximum absolute atomic E-state index is 12.1. The standard InChI is InChI=1S/C15H12ClN3O/c16-14-6-3-11(18)9-13(14)15(20)19-12-4-1-10(2-5-12)7-8-17/h1-6,9H,7,18H2,(H,19,20). The van der Waals surface area contributed by atoms with Gasteiger partial charge in [0.2, 0.25) is 0 Å². The lowest BCUT2D eigenvalue weighted by atomic mass is 10.1. The number of anilines is 2. The second kappa shape index (κ2) is 6.09. The molecule has 3 N–H and O–H groups in total. The fraction of sp³-hybridized carbons (Fsp3) is 0.0667. The van der Waals surface area contributed by atoms with E-state index < -0.39 is 0 Å². The summed E-state index contributed by atoms with van der Waals surface area (Å²) in [7, 11) is 0. The lowest BCUT2D eigenvalue weighted by molar-refractivity contribution is 0.102. The van der Waals surface area contributed by atoms with Gasteiger partial charge in [0.1, 0.15) is 0 Å². The highest BCUT2D eigenvalue weighted by atomic mass is 35.5. The van der Waals surface area contributed by atoms with Gasteiger partial charge in [0.25, 0.3) is 5.91 Å². The van der Waals surface area contributed by atoms with E-state index >= 15 is 0 Å². The third-order valence-corrected chi connectivity index (χ3v) is 3.06. The topological polar surface area (TPSA) is 78.9 Å². The molecule has 100 valence electrons. The summed E-state index contributed by atoms with van der Waals surface area (Å²) in [5.41, 5.74) is 7.98. The smallest absolute Gasteiger partial charge is 0.257 e. The quantitative estimate of drug-likeness (QED) is 0.850. The van der Waals surface area contributed by atoms with Crippen LogP contribution in [0, 0.1) is 11.3 Å². The highest BCUT2D eigenvalue weighted by Gasteiger charge is 2.11. The SMILES string of the molecule is N#CCc1ccc(NC(=O)c2cc(N)ccc2Cl)cc1. The van der Waals surface area contributed by atoms with Gasteiger partial charge in [-0.2, -0.15) is 5.26 Å². The number of hydrogen-bond donors (Lipinski definition) is 2. The van der Waals surface area contributed by atoms with Crippen molar-refractivity contribution >= 4 is 28.9 Å². The number of nitrogens with zero attached hydrogens (tertiary/aromatic N) is 1. The first-order valence-corrected chi connectivity index (χ1v) is 6.30. The van der Waals surface area contributed by atoms with Gasteiger partial charge in [-0.3, -0.25) is 4.79 Å². The molecule has 0 radical (unpaired) electrons. The molecule has 0 saturated heterocycles. The molecule has 20 heavy (non-hydrogen) atoms. The van der Waals surface area contributed by atoms with E-state index in [0.717, 1.165) is 5.56 Å². The number of nitrogens with one attached hydrogen (secondary N) is 1. The first kappa shape index (κ1) is 13.9. The van der Waals surface area contributed by atoms with Gasteiger partial charge in [-0.1, -0.05) is 23.7 Å². The average Bonchev–Trinajstić information content (AvgIpc) is 2.44. The zero-order valence-corrected chi connectivity index (χ0v) is 11.3. The van der Waals surface area contributed by atoms with Crippen molar-refractivity contribution in [3.63, 3.8) is 0 Å². The normalized spacial score (nSPS) is 9.80. The Bertz CT molecular complexity index is 675. The Hall–Kier alpha value is -2.51. The number of nitrogen functional groups attached to an aromatic ring is 1. The van der Waals surface area contributed by atoms with Gasteiger partial charge >= 0.3 is 0 Å². The van der Waals surface area contributed by atoms with E-state index in [2.05, 4.69) is 11.4 Å². The lowest BCUT2D eigenvalue weighted by Crippen LogP contribution is -2.12. The van der Waals surface area contributed by atoms with Crippen LogP contribution >= 0.6 is 11.6 Å². The summed E-state index contributed by atoms with van der Waals surface area (Å²) < 4.78 is 0. The Kier molecular flexibility index (Phi) is 4.24. The lowest BCUT2D eigenvalue weighted by Gasteiger charge is -2.08. The molecule has 2 aromatic carbocycles. The number of nitriles is 1. The largest absolute Gasteiger partial charge is 0.399 e. The highest BCUT2D eigenvalue weighted by molar-refractivity contribution is 6.34. The first-order valence-electron chi connectivity index (χ1n) is 5.92. The van der Waals surface area contributed by atoms with Gasteiger partial charge in [0, 0.05) is 11.4 Å². The van der Waals surface area contributed by atoms with E-state index in [-0.39, 0.29) is 5.91 Å². The number of carbonyl (C=O) groups excluding carboxylic acids is 1. The molecular formula is C15H12ClN3O. The monoisotopic (exact) mass is 285 g/mol. The number of rotatable bonds is 3. The second-order valence-electron chi connectivity index (χ2n) is 4.23. The zero-order valence-electron chi connectivity index (χ0n) is 10.6. The van der Waals surface area contributed by atoms with Gasteiger partial charge in [-0.25, -0.2) is 0 Å². The Balaban J connectivity index is 2.15. The Morgan fingerprint density at radius 2 is 1.95 bits per heavy atom. The van der Waals surface area contributed by atoms with Crippen LogP contribution in [0.4, 0.5) is 11.4 Å². The van der Waals surface area contributed by atoms with Gasteiger partial charge in [0.05, 0.1) is 23.1 Å². The summed E-state index contributed by atoms with van der Waals surface area (Å²) in [6, 6.07) is 13.9. The van der Waals surface area contributed by atoms with Crippen LogP contribution in [0.25, 0.3) is 0 Å². The highest BCUT2D eigenvalue weighted by Crippen LogP contribution is 2.20. The summed E-state index contributed by atoms with van der Waals surface area (Å²) >= 11 is 5.97. The van der Waals surface area contributed by atoms with Crippen LogP contribution < -0.4 is 11.1 Å². The van der Waals surface area contributed by atoms with Crippen molar-refractivity contribution in [1.82, 2.24) is 0 Å². The first-order chi connectivity index (χ1) is 9.60. The third-order valence-electron chi connectivity index (χ3n) is 2.73. The molecule has 0 aliphatic carbocycles.